The molecule has 0 bridgehead atoms. The highest BCUT2D eigenvalue weighted by Crippen LogP contribution is 2.21. The summed E-state index contributed by atoms with van der Waals surface area (Å²) in [5.41, 5.74) is 2.03. The Labute approximate surface area is 108 Å². The lowest BCUT2D eigenvalue weighted by Gasteiger charge is -2.35. The molecular formula is C14H20N2O2. The Hall–Kier alpha value is -1.55. The fourth-order valence-electron chi connectivity index (χ4n) is 2.10. The van der Waals surface area contributed by atoms with Crippen LogP contribution in [0, 0.1) is 0 Å². The number of amides is 1. The maximum Gasteiger partial charge on any atom is 0.224 e. The number of benzene rings is 1. The van der Waals surface area contributed by atoms with Crippen molar-refractivity contribution in [1.29, 1.82) is 0 Å². The molecule has 0 spiro atoms. The molecule has 4 nitrogen and oxygen atoms in total. The minimum Gasteiger partial charge on any atom is -0.377 e. The first-order chi connectivity index (χ1) is 8.70. The summed E-state index contributed by atoms with van der Waals surface area (Å²) in [7, 11) is 0. The Kier molecular flexibility index (Phi) is 4.20. The van der Waals surface area contributed by atoms with Crippen LogP contribution in [0.2, 0.25) is 0 Å². The van der Waals surface area contributed by atoms with E-state index in [1.165, 1.54) is 5.69 Å². The van der Waals surface area contributed by atoms with Crippen molar-refractivity contribution < 1.29 is 9.53 Å². The van der Waals surface area contributed by atoms with Gasteiger partial charge in [-0.2, -0.15) is 0 Å². The van der Waals surface area contributed by atoms with Gasteiger partial charge < -0.3 is 15.0 Å². The van der Waals surface area contributed by atoms with E-state index < -0.39 is 0 Å². The van der Waals surface area contributed by atoms with E-state index in [-0.39, 0.29) is 5.91 Å². The van der Waals surface area contributed by atoms with Gasteiger partial charge in [-0.15, -0.1) is 0 Å². The molecule has 1 fully saturated rings. The van der Waals surface area contributed by atoms with E-state index in [1.807, 2.05) is 31.2 Å². The van der Waals surface area contributed by atoms with Gasteiger partial charge in [-0.3, -0.25) is 4.79 Å². The number of ether oxygens (including phenoxy) is 1. The maximum absolute atomic E-state index is 11.3. The van der Waals surface area contributed by atoms with Crippen molar-refractivity contribution in [1.82, 2.24) is 0 Å². The van der Waals surface area contributed by atoms with Crippen LogP contribution in [0.5, 0.6) is 0 Å². The molecule has 0 aromatic heterocycles. The number of rotatable bonds is 3. The van der Waals surface area contributed by atoms with Crippen molar-refractivity contribution in [3.63, 3.8) is 0 Å². The largest absolute Gasteiger partial charge is 0.377 e. The van der Waals surface area contributed by atoms with Crippen molar-refractivity contribution in [2.75, 3.05) is 30.0 Å². The second-order valence-electron chi connectivity index (χ2n) is 4.57. The van der Waals surface area contributed by atoms with E-state index in [1.54, 1.807) is 0 Å². The quantitative estimate of drug-likeness (QED) is 0.892. The summed E-state index contributed by atoms with van der Waals surface area (Å²) in [5.74, 6) is 0.0440. The molecule has 1 N–H and O–H groups in total. The predicted octanol–water partition coefficient (Wildman–Crippen LogP) is 2.26. The molecule has 1 saturated heterocycles. The SMILES string of the molecule is CCC(=O)Nc1ccc(N2CCOCC2C)cc1. The molecule has 1 amide bonds. The predicted molar refractivity (Wildman–Crippen MR) is 73.0 cm³/mol. The van der Waals surface area contributed by atoms with Crippen LogP contribution in [0.4, 0.5) is 11.4 Å². The molecule has 1 aliphatic heterocycles. The Morgan fingerprint density at radius 1 is 1.44 bits per heavy atom. The first-order valence-electron chi connectivity index (χ1n) is 6.45. The monoisotopic (exact) mass is 248 g/mol. The zero-order valence-electron chi connectivity index (χ0n) is 11.0. The van der Waals surface area contributed by atoms with Crippen molar-refractivity contribution in [2.24, 2.45) is 0 Å². The third-order valence-electron chi connectivity index (χ3n) is 3.17. The molecule has 1 atom stereocenters. The van der Waals surface area contributed by atoms with Crippen LogP contribution < -0.4 is 10.2 Å². The van der Waals surface area contributed by atoms with Crippen LogP contribution in [0.25, 0.3) is 0 Å². The summed E-state index contributed by atoms with van der Waals surface area (Å²) >= 11 is 0. The van der Waals surface area contributed by atoms with Crippen LogP contribution in [-0.2, 0) is 9.53 Å². The van der Waals surface area contributed by atoms with E-state index in [0.29, 0.717) is 12.5 Å². The first kappa shape index (κ1) is 12.9. The van der Waals surface area contributed by atoms with E-state index in [0.717, 1.165) is 25.4 Å². The summed E-state index contributed by atoms with van der Waals surface area (Å²) in [5, 5.41) is 2.85. The van der Waals surface area contributed by atoms with Gasteiger partial charge in [0, 0.05) is 30.4 Å². The fourth-order valence-corrected chi connectivity index (χ4v) is 2.10. The molecule has 18 heavy (non-hydrogen) atoms. The van der Waals surface area contributed by atoms with Crippen LogP contribution in [0.15, 0.2) is 24.3 Å². The highest BCUT2D eigenvalue weighted by atomic mass is 16.5. The van der Waals surface area contributed by atoms with Gasteiger partial charge in [0.25, 0.3) is 0 Å². The summed E-state index contributed by atoms with van der Waals surface area (Å²) in [6.07, 6.45) is 0.502. The van der Waals surface area contributed by atoms with E-state index in [2.05, 4.69) is 17.1 Å². The highest BCUT2D eigenvalue weighted by Gasteiger charge is 2.18. The van der Waals surface area contributed by atoms with Gasteiger partial charge >= 0.3 is 0 Å². The summed E-state index contributed by atoms with van der Waals surface area (Å²) in [6, 6.07) is 8.39. The number of hydrogen-bond donors (Lipinski definition) is 1. The molecule has 1 aliphatic rings. The Morgan fingerprint density at radius 2 is 2.17 bits per heavy atom. The molecule has 4 heteroatoms. The van der Waals surface area contributed by atoms with Gasteiger partial charge in [-0.05, 0) is 31.2 Å². The lowest BCUT2D eigenvalue weighted by atomic mass is 10.2. The van der Waals surface area contributed by atoms with Crippen molar-refractivity contribution in [3.05, 3.63) is 24.3 Å². The van der Waals surface area contributed by atoms with Crippen LogP contribution in [0.1, 0.15) is 20.3 Å². The Balaban J connectivity index is 2.04. The molecule has 1 aromatic rings. The van der Waals surface area contributed by atoms with Crippen molar-refractivity contribution in [3.8, 4) is 0 Å². The smallest absolute Gasteiger partial charge is 0.224 e. The fraction of sp³-hybridized carbons (Fsp3) is 0.500. The van der Waals surface area contributed by atoms with Crippen molar-refractivity contribution >= 4 is 17.3 Å². The third kappa shape index (κ3) is 3.01. The second kappa shape index (κ2) is 5.87. The molecule has 0 saturated carbocycles. The zero-order valence-corrected chi connectivity index (χ0v) is 11.0. The van der Waals surface area contributed by atoms with Crippen LogP contribution >= 0.6 is 0 Å². The molecular weight excluding hydrogens is 228 g/mol. The number of nitrogens with zero attached hydrogens (tertiary/aromatic N) is 1. The number of carbonyl (C=O) groups is 1. The third-order valence-corrected chi connectivity index (χ3v) is 3.17. The normalized spacial score (nSPS) is 19.7. The molecule has 98 valence electrons. The minimum absolute atomic E-state index is 0.0440. The molecule has 1 heterocycles. The van der Waals surface area contributed by atoms with Gasteiger partial charge in [0.05, 0.1) is 13.2 Å². The van der Waals surface area contributed by atoms with Gasteiger partial charge in [0.15, 0.2) is 0 Å². The summed E-state index contributed by atoms with van der Waals surface area (Å²) in [4.78, 5) is 13.6. The number of morpholine rings is 1. The van der Waals surface area contributed by atoms with Gasteiger partial charge in [-0.25, -0.2) is 0 Å². The number of hydrogen-bond acceptors (Lipinski definition) is 3. The number of nitrogens with one attached hydrogen (secondary N) is 1. The maximum atomic E-state index is 11.3. The van der Waals surface area contributed by atoms with Crippen LogP contribution in [0.3, 0.4) is 0 Å². The number of anilines is 2. The zero-order chi connectivity index (χ0) is 13.0. The topological polar surface area (TPSA) is 41.6 Å². The minimum atomic E-state index is 0.0440. The summed E-state index contributed by atoms with van der Waals surface area (Å²) in [6.45, 7) is 6.47. The van der Waals surface area contributed by atoms with Gasteiger partial charge in [0.1, 0.15) is 0 Å². The number of carbonyl (C=O) groups excluding carboxylic acids is 1. The Bertz CT molecular complexity index is 403. The highest BCUT2D eigenvalue weighted by molar-refractivity contribution is 5.90. The molecule has 2 rings (SSSR count). The van der Waals surface area contributed by atoms with Crippen LogP contribution in [-0.4, -0.2) is 31.7 Å². The van der Waals surface area contributed by atoms with E-state index in [9.17, 15) is 4.79 Å². The van der Waals surface area contributed by atoms with Gasteiger partial charge in [0.2, 0.25) is 5.91 Å². The lowest BCUT2D eigenvalue weighted by Crippen LogP contribution is -2.43. The van der Waals surface area contributed by atoms with E-state index in [4.69, 9.17) is 4.74 Å². The summed E-state index contributed by atoms with van der Waals surface area (Å²) < 4.78 is 5.43. The molecule has 0 radical (unpaired) electrons. The van der Waals surface area contributed by atoms with Gasteiger partial charge in [-0.1, -0.05) is 6.92 Å². The lowest BCUT2D eigenvalue weighted by molar-refractivity contribution is -0.115. The van der Waals surface area contributed by atoms with E-state index >= 15 is 0 Å². The second-order valence-corrected chi connectivity index (χ2v) is 4.57. The average Bonchev–Trinajstić information content (AvgIpc) is 2.40. The molecule has 1 unspecified atom stereocenters. The Morgan fingerprint density at radius 3 is 2.78 bits per heavy atom. The average molecular weight is 248 g/mol. The standard InChI is InChI=1S/C14H20N2O2/c1-3-14(17)15-12-4-6-13(7-5-12)16-8-9-18-10-11(16)2/h4-7,11H,3,8-10H2,1-2H3,(H,15,17). The molecule has 1 aromatic carbocycles. The molecule has 0 aliphatic carbocycles. The first-order valence-corrected chi connectivity index (χ1v) is 6.45. The van der Waals surface area contributed by atoms with Crippen molar-refractivity contribution in [2.45, 2.75) is 26.3 Å².